The Labute approximate surface area is 195 Å². The van der Waals surface area contributed by atoms with Crippen LogP contribution in [-0.2, 0) is 0 Å². The summed E-state index contributed by atoms with van der Waals surface area (Å²) in [6.45, 7) is 2.06. The molecule has 0 spiro atoms. The fourth-order valence-corrected chi connectivity index (χ4v) is 4.04. The molecule has 0 aliphatic heterocycles. The third-order valence-electron chi connectivity index (χ3n) is 5.86. The van der Waals surface area contributed by atoms with Crippen LogP contribution in [-0.4, -0.2) is 25.8 Å². The number of imidazole rings is 2. The number of aromatic amines is 2. The van der Waals surface area contributed by atoms with E-state index in [1.165, 1.54) is 5.56 Å². The molecule has 2 heterocycles. The van der Waals surface area contributed by atoms with E-state index < -0.39 is 0 Å². The minimum Gasteiger partial charge on any atom is -0.338 e. The van der Waals surface area contributed by atoms with Crippen molar-refractivity contribution in [1.29, 1.82) is 0 Å². The maximum Gasteiger partial charge on any atom is 0.255 e. The van der Waals surface area contributed by atoms with Gasteiger partial charge in [0.1, 0.15) is 11.6 Å². The Bertz CT molecular complexity index is 1610. The van der Waals surface area contributed by atoms with Crippen LogP contribution in [0.15, 0.2) is 91.0 Å². The summed E-state index contributed by atoms with van der Waals surface area (Å²) in [6.07, 6.45) is 0. The fraction of sp³-hybridized carbons (Fsp3) is 0.0357. The number of carbonyl (C=O) groups excluding carboxylic acids is 1. The Morgan fingerprint density at radius 3 is 2.03 bits per heavy atom. The van der Waals surface area contributed by atoms with Crippen LogP contribution >= 0.6 is 0 Å². The van der Waals surface area contributed by atoms with E-state index in [2.05, 4.69) is 44.3 Å². The van der Waals surface area contributed by atoms with Crippen LogP contribution in [0.5, 0.6) is 0 Å². The van der Waals surface area contributed by atoms with Gasteiger partial charge in [-0.25, -0.2) is 9.97 Å². The number of benzene rings is 4. The zero-order chi connectivity index (χ0) is 23.1. The molecule has 0 aliphatic rings. The highest BCUT2D eigenvalue weighted by Crippen LogP contribution is 2.24. The normalized spacial score (nSPS) is 11.2. The van der Waals surface area contributed by atoms with Gasteiger partial charge < -0.3 is 15.3 Å². The van der Waals surface area contributed by atoms with Crippen molar-refractivity contribution in [3.05, 3.63) is 102 Å². The van der Waals surface area contributed by atoms with Crippen molar-refractivity contribution in [2.24, 2.45) is 0 Å². The third-order valence-corrected chi connectivity index (χ3v) is 5.86. The molecular weight excluding hydrogens is 422 g/mol. The highest BCUT2D eigenvalue weighted by atomic mass is 16.1. The fourth-order valence-electron chi connectivity index (χ4n) is 4.04. The van der Waals surface area contributed by atoms with Crippen LogP contribution in [0.4, 0.5) is 5.69 Å². The van der Waals surface area contributed by atoms with Crippen LogP contribution in [0.1, 0.15) is 15.9 Å². The average Bonchev–Trinajstić information content (AvgIpc) is 3.48. The first-order valence-corrected chi connectivity index (χ1v) is 11.1. The van der Waals surface area contributed by atoms with Gasteiger partial charge in [-0.1, -0.05) is 30.3 Å². The quantitative estimate of drug-likeness (QED) is 0.297. The molecule has 0 bridgehead atoms. The van der Waals surface area contributed by atoms with Crippen LogP contribution < -0.4 is 5.32 Å². The van der Waals surface area contributed by atoms with Crippen LogP contribution in [0, 0.1) is 6.92 Å². The summed E-state index contributed by atoms with van der Waals surface area (Å²) in [5.41, 5.74) is 8.23. The summed E-state index contributed by atoms with van der Waals surface area (Å²) >= 11 is 0. The van der Waals surface area contributed by atoms with Crippen molar-refractivity contribution in [2.75, 3.05) is 5.32 Å². The molecule has 6 nitrogen and oxygen atoms in total. The van der Waals surface area contributed by atoms with Crippen molar-refractivity contribution in [1.82, 2.24) is 19.9 Å². The third kappa shape index (κ3) is 3.71. The standard InChI is InChI=1S/C28H21N5O/c1-17-6-15-24-25(16-17)33-27(32-24)19-11-13-21(14-12-19)29-28(34)20-9-7-18(8-10-20)26-30-22-4-2-3-5-23(22)31-26/h2-16H,1H3,(H,29,34)(H,30,31)(H,32,33). The number of hydrogen-bond acceptors (Lipinski definition) is 3. The Balaban J connectivity index is 1.17. The van der Waals surface area contributed by atoms with Gasteiger partial charge in [-0.15, -0.1) is 0 Å². The Morgan fingerprint density at radius 2 is 1.32 bits per heavy atom. The molecule has 0 aliphatic carbocycles. The Hall–Kier alpha value is -4.71. The van der Waals surface area contributed by atoms with E-state index in [9.17, 15) is 4.79 Å². The number of aryl methyl sites for hydroxylation is 1. The number of rotatable bonds is 4. The highest BCUT2D eigenvalue weighted by molar-refractivity contribution is 6.04. The lowest BCUT2D eigenvalue weighted by Gasteiger charge is -2.07. The summed E-state index contributed by atoms with van der Waals surface area (Å²) in [5, 5.41) is 2.96. The molecule has 6 heteroatoms. The molecule has 164 valence electrons. The number of carbonyl (C=O) groups is 1. The molecule has 1 amide bonds. The second kappa shape index (κ2) is 8.01. The Kier molecular flexibility index (Phi) is 4.70. The molecule has 6 aromatic rings. The first kappa shape index (κ1) is 19.9. The summed E-state index contributed by atoms with van der Waals surface area (Å²) in [7, 11) is 0. The molecular formula is C28H21N5O. The zero-order valence-electron chi connectivity index (χ0n) is 18.5. The monoisotopic (exact) mass is 443 g/mol. The van der Waals surface area contributed by atoms with Gasteiger partial charge in [-0.2, -0.15) is 0 Å². The van der Waals surface area contributed by atoms with Gasteiger partial charge in [0.15, 0.2) is 0 Å². The van der Waals surface area contributed by atoms with Crippen molar-refractivity contribution in [3.63, 3.8) is 0 Å². The summed E-state index contributed by atoms with van der Waals surface area (Å²) < 4.78 is 0. The molecule has 0 saturated heterocycles. The lowest BCUT2D eigenvalue weighted by Crippen LogP contribution is -2.11. The van der Waals surface area contributed by atoms with E-state index in [0.29, 0.717) is 5.56 Å². The SMILES string of the molecule is Cc1ccc2nc(-c3ccc(NC(=O)c4ccc(-c5nc6ccccc6[nH]5)cc4)cc3)[nH]c2c1. The van der Waals surface area contributed by atoms with Crippen molar-refractivity contribution >= 4 is 33.7 Å². The van der Waals surface area contributed by atoms with Gasteiger partial charge in [0.25, 0.3) is 5.91 Å². The number of H-pyrrole nitrogens is 2. The van der Waals surface area contributed by atoms with Gasteiger partial charge >= 0.3 is 0 Å². The van der Waals surface area contributed by atoms with Crippen LogP contribution in [0.25, 0.3) is 44.8 Å². The number of nitrogens with zero attached hydrogens (tertiary/aromatic N) is 2. The minimum atomic E-state index is -0.164. The van der Waals surface area contributed by atoms with E-state index in [-0.39, 0.29) is 5.91 Å². The number of fused-ring (bicyclic) bond motifs is 2. The molecule has 4 aromatic carbocycles. The topological polar surface area (TPSA) is 86.5 Å². The zero-order valence-corrected chi connectivity index (χ0v) is 18.5. The van der Waals surface area contributed by atoms with Gasteiger partial charge in [0, 0.05) is 22.4 Å². The van der Waals surface area contributed by atoms with E-state index >= 15 is 0 Å². The molecule has 6 rings (SSSR count). The molecule has 0 saturated carbocycles. The minimum absolute atomic E-state index is 0.164. The first-order valence-electron chi connectivity index (χ1n) is 11.1. The maximum absolute atomic E-state index is 12.8. The molecule has 0 fully saturated rings. The first-order chi connectivity index (χ1) is 16.6. The number of anilines is 1. The van der Waals surface area contributed by atoms with Crippen LogP contribution in [0.3, 0.4) is 0 Å². The predicted octanol–water partition coefficient (Wildman–Crippen LogP) is 6.33. The number of amides is 1. The number of hydrogen-bond donors (Lipinski definition) is 3. The highest BCUT2D eigenvalue weighted by Gasteiger charge is 2.10. The van der Waals surface area contributed by atoms with E-state index in [1.807, 2.05) is 78.9 Å². The van der Waals surface area contributed by atoms with E-state index in [0.717, 1.165) is 50.5 Å². The number of para-hydroxylation sites is 2. The lowest BCUT2D eigenvalue weighted by molar-refractivity contribution is 0.102. The molecule has 3 N–H and O–H groups in total. The molecule has 0 atom stereocenters. The smallest absolute Gasteiger partial charge is 0.255 e. The van der Waals surface area contributed by atoms with Crippen LogP contribution in [0.2, 0.25) is 0 Å². The van der Waals surface area contributed by atoms with Gasteiger partial charge in [-0.3, -0.25) is 4.79 Å². The van der Waals surface area contributed by atoms with Gasteiger partial charge in [0.2, 0.25) is 0 Å². The second-order valence-corrected chi connectivity index (χ2v) is 8.32. The number of nitrogens with one attached hydrogen (secondary N) is 3. The summed E-state index contributed by atoms with van der Waals surface area (Å²) in [5.74, 6) is 1.42. The van der Waals surface area contributed by atoms with Crippen molar-refractivity contribution in [3.8, 4) is 22.8 Å². The number of aromatic nitrogens is 4. The summed E-state index contributed by atoms with van der Waals surface area (Å²) in [4.78, 5) is 28.7. The van der Waals surface area contributed by atoms with Gasteiger partial charge in [0.05, 0.1) is 22.1 Å². The van der Waals surface area contributed by atoms with Gasteiger partial charge in [-0.05, 0) is 73.2 Å². The lowest BCUT2D eigenvalue weighted by atomic mass is 10.1. The Morgan fingerprint density at radius 1 is 0.706 bits per heavy atom. The van der Waals surface area contributed by atoms with E-state index in [4.69, 9.17) is 0 Å². The molecule has 0 unspecified atom stereocenters. The maximum atomic E-state index is 12.8. The van der Waals surface area contributed by atoms with Crippen molar-refractivity contribution < 1.29 is 4.79 Å². The van der Waals surface area contributed by atoms with E-state index in [1.54, 1.807) is 0 Å². The molecule has 0 radical (unpaired) electrons. The second-order valence-electron chi connectivity index (χ2n) is 8.32. The summed E-state index contributed by atoms with van der Waals surface area (Å²) in [6, 6.07) is 29.1. The largest absolute Gasteiger partial charge is 0.338 e. The van der Waals surface area contributed by atoms with Crippen molar-refractivity contribution in [2.45, 2.75) is 6.92 Å². The molecule has 2 aromatic heterocycles. The molecule has 34 heavy (non-hydrogen) atoms. The predicted molar refractivity (Wildman–Crippen MR) is 136 cm³/mol. The average molecular weight is 444 g/mol.